The topological polar surface area (TPSA) is 28.5 Å². The molecular formula is C21H27N3O. The Labute approximate surface area is 150 Å². The molecule has 4 rings (SSSR count). The first kappa shape index (κ1) is 16.4. The minimum atomic E-state index is -0.165. The predicted octanol–water partition coefficient (Wildman–Crippen LogP) is 3.53. The molecule has 0 saturated carbocycles. The van der Waals surface area contributed by atoms with Gasteiger partial charge in [-0.05, 0) is 49.9 Å². The molecule has 0 bridgehead atoms. The summed E-state index contributed by atoms with van der Waals surface area (Å²) in [5.41, 5.74) is 2.44. The van der Waals surface area contributed by atoms with Gasteiger partial charge in [-0.1, -0.05) is 30.3 Å². The van der Waals surface area contributed by atoms with Crippen LogP contribution in [0.1, 0.15) is 49.0 Å². The molecule has 2 fully saturated rings. The van der Waals surface area contributed by atoms with Crippen molar-refractivity contribution < 1.29 is 4.79 Å². The Bertz CT molecular complexity index is 718. The predicted molar refractivity (Wildman–Crippen MR) is 99.1 cm³/mol. The number of aromatic nitrogens is 1. The zero-order chi connectivity index (χ0) is 17.2. The number of hydrogen-bond donors (Lipinski definition) is 0. The van der Waals surface area contributed by atoms with Gasteiger partial charge in [0, 0.05) is 32.0 Å². The van der Waals surface area contributed by atoms with Crippen LogP contribution in [0.25, 0.3) is 0 Å². The fourth-order valence-corrected chi connectivity index (χ4v) is 4.46. The lowest BCUT2D eigenvalue weighted by Crippen LogP contribution is -2.42. The lowest BCUT2D eigenvalue weighted by atomic mass is 10.0. The van der Waals surface area contributed by atoms with Gasteiger partial charge in [-0.25, -0.2) is 0 Å². The zero-order valence-electron chi connectivity index (χ0n) is 15.0. The van der Waals surface area contributed by atoms with Gasteiger partial charge in [-0.3, -0.25) is 9.69 Å². The number of carbonyl (C=O) groups is 1. The Kier molecular flexibility index (Phi) is 4.62. The third-order valence-corrected chi connectivity index (χ3v) is 5.72. The summed E-state index contributed by atoms with van der Waals surface area (Å²) < 4.78 is 2.20. The van der Waals surface area contributed by atoms with Crippen molar-refractivity contribution in [1.82, 2.24) is 14.4 Å². The minimum absolute atomic E-state index is 0.165. The Morgan fingerprint density at radius 1 is 1.00 bits per heavy atom. The number of carbonyl (C=O) groups excluding carboxylic acids is 1. The highest BCUT2D eigenvalue weighted by atomic mass is 16.2. The quantitative estimate of drug-likeness (QED) is 0.854. The zero-order valence-corrected chi connectivity index (χ0v) is 15.0. The molecule has 0 N–H and O–H groups in total. The Hall–Kier alpha value is -2.07. The number of nitrogens with zero attached hydrogens (tertiary/aromatic N) is 3. The highest BCUT2D eigenvalue weighted by Gasteiger charge is 2.39. The van der Waals surface area contributed by atoms with Gasteiger partial charge in [0.15, 0.2) is 0 Å². The van der Waals surface area contributed by atoms with E-state index in [4.69, 9.17) is 0 Å². The number of hydrogen-bond acceptors (Lipinski definition) is 2. The monoisotopic (exact) mass is 337 g/mol. The lowest BCUT2D eigenvalue weighted by molar-refractivity contribution is -0.136. The van der Waals surface area contributed by atoms with Crippen LogP contribution in [0.3, 0.4) is 0 Å². The average molecular weight is 337 g/mol. The van der Waals surface area contributed by atoms with Crippen LogP contribution in [-0.2, 0) is 11.8 Å². The third-order valence-electron chi connectivity index (χ3n) is 5.72. The van der Waals surface area contributed by atoms with Gasteiger partial charge >= 0.3 is 0 Å². The summed E-state index contributed by atoms with van der Waals surface area (Å²) >= 11 is 0. The van der Waals surface area contributed by atoms with E-state index in [1.165, 1.54) is 5.69 Å². The van der Waals surface area contributed by atoms with Gasteiger partial charge in [0.1, 0.15) is 6.04 Å². The van der Waals surface area contributed by atoms with E-state index < -0.39 is 0 Å². The van der Waals surface area contributed by atoms with E-state index in [2.05, 4.69) is 51.9 Å². The van der Waals surface area contributed by atoms with Crippen LogP contribution in [0.5, 0.6) is 0 Å². The largest absolute Gasteiger partial charge is 0.353 e. The van der Waals surface area contributed by atoms with Gasteiger partial charge in [-0.15, -0.1) is 0 Å². The molecule has 2 saturated heterocycles. The van der Waals surface area contributed by atoms with Crippen LogP contribution in [0.15, 0.2) is 48.7 Å². The van der Waals surface area contributed by atoms with E-state index in [-0.39, 0.29) is 11.9 Å². The smallest absolute Gasteiger partial charge is 0.244 e. The fourth-order valence-electron chi connectivity index (χ4n) is 4.46. The fraction of sp³-hybridized carbons (Fsp3) is 0.476. The van der Waals surface area contributed by atoms with E-state index in [9.17, 15) is 4.79 Å². The molecule has 2 atom stereocenters. The molecule has 0 aliphatic carbocycles. The molecule has 1 aromatic heterocycles. The summed E-state index contributed by atoms with van der Waals surface area (Å²) in [5, 5.41) is 0. The number of rotatable bonds is 4. The summed E-state index contributed by atoms with van der Waals surface area (Å²) in [5.74, 6) is 0.282. The normalized spacial score (nSPS) is 22.4. The Morgan fingerprint density at radius 3 is 2.44 bits per heavy atom. The van der Waals surface area contributed by atoms with Crippen molar-refractivity contribution in [2.24, 2.45) is 7.05 Å². The summed E-state index contributed by atoms with van der Waals surface area (Å²) in [6.45, 7) is 2.80. The number of likely N-dealkylation sites (tertiary alicyclic amines) is 2. The molecule has 0 radical (unpaired) electrons. The summed E-state index contributed by atoms with van der Waals surface area (Å²) in [6, 6.07) is 14.8. The van der Waals surface area contributed by atoms with Crippen LogP contribution in [-0.4, -0.2) is 39.9 Å². The molecule has 2 aromatic rings. The molecule has 2 aliphatic heterocycles. The van der Waals surface area contributed by atoms with E-state index in [0.29, 0.717) is 6.04 Å². The Balaban J connectivity index is 1.69. The van der Waals surface area contributed by atoms with Gasteiger partial charge in [0.05, 0.1) is 6.04 Å². The van der Waals surface area contributed by atoms with E-state index in [1.54, 1.807) is 0 Å². The maximum absolute atomic E-state index is 13.4. The van der Waals surface area contributed by atoms with Crippen molar-refractivity contribution in [3.8, 4) is 0 Å². The lowest BCUT2D eigenvalue weighted by Gasteiger charge is -2.35. The molecule has 0 unspecified atom stereocenters. The van der Waals surface area contributed by atoms with Crippen molar-refractivity contribution >= 4 is 5.91 Å². The molecule has 4 nitrogen and oxygen atoms in total. The van der Waals surface area contributed by atoms with Gasteiger partial charge in [0.25, 0.3) is 0 Å². The van der Waals surface area contributed by atoms with Crippen LogP contribution >= 0.6 is 0 Å². The first-order valence-corrected chi connectivity index (χ1v) is 9.46. The summed E-state index contributed by atoms with van der Waals surface area (Å²) in [7, 11) is 2.10. The highest BCUT2D eigenvalue weighted by molar-refractivity contribution is 5.83. The van der Waals surface area contributed by atoms with Crippen molar-refractivity contribution in [2.75, 3.05) is 19.6 Å². The second-order valence-corrected chi connectivity index (χ2v) is 7.29. The third kappa shape index (κ3) is 3.11. The second-order valence-electron chi connectivity index (χ2n) is 7.29. The summed E-state index contributed by atoms with van der Waals surface area (Å²) in [4.78, 5) is 17.9. The van der Waals surface area contributed by atoms with E-state index in [0.717, 1.165) is 50.9 Å². The molecule has 25 heavy (non-hydrogen) atoms. The van der Waals surface area contributed by atoms with Crippen molar-refractivity contribution in [1.29, 1.82) is 0 Å². The molecule has 2 aliphatic rings. The number of benzene rings is 1. The van der Waals surface area contributed by atoms with Gasteiger partial charge in [-0.2, -0.15) is 0 Å². The molecule has 3 heterocycles. The molecule has 132 valence electrons. The highest BCUT2D eigenvalue weighted by Crippen LogP contribution is 2.39. The molecule has 1 amide bonds. The standard InChI is InChI=1S/C21H27N3O/c1-22-13-7-11-18(22)19-12-8-16-24(19)20(17-9-3-2-4-10-17)21(25)23-14-5-6-15-23/h2-4,7,9-11,13,19-20H,5-6,8,12,14-16H2,1H3/t19-,20+/m0/s1. The van der Waals surface area contributed by atoms with Gasteiger partial charge in [0.2, 0.25) is 5.91 Å². The minimum Gasteiger partial charge on any atom is -0.353 e. The van der Waals surface area contributed by atoms with Crippen molar-refractivity contribution in [3.05, 3.63) is 59.9 Å². The maximum atomic E-state index is 13.4. The molecular weight excluding hydrogens is 310 g/mol. The Morgan fingerprint density at radius 2 is 1.76 bits per heavy atom. The first-order chi connectivity index (χ1) is 12.3. The van der Waals surface area contributed by atoms with Crippen LogP contribution in [0.2, 0.25) is 0 Å². The molecule has 0 spiro atoms. The average Bonchev–Trinajstić information content (AvgIpc) is 3.37. The van der Waals surface area contributed by atoms with Crippen LogP contribution in [0.4, 0.5) is 0 Å². The maximum Gasteiger partial charge on any atom is 0.244 e. The molecule has 1 aromatic carbocycles. The van der Waals surface area contributed by atoms with Crippen LogP contribution in [0, 0.1) is 0 Å². The van der Waals surface area contributed by atoms with E-state index >= 15 is 0 Å². The van der Waals surface area contributed by atoms with Crippen molar-refractivity contribution in [2.45, 2.75) is 37.8 Å². The molecule has 4 heteroatoms. The van der Waals surface area contributed by atoms with Gasteiger partial charge < -0.3 is 9.47 Å². The first-order valence-electron chi connectivity index (χ1n) is 9.46. The second kappa shape index (κ2) is 7.04. The van der Waals surface area contributed by atoms with Crippen molar-refractivity contribution in [3.63, 3.8) is 0 Å². The van der Waals surface area contributed by atoms with E-state index in [1.807, 2.05) is 18.2 Å². The summed E-state index contributed by atoms with van der Waals surface area (Å²) in [6.07, 6.45) is 6.63. The number of aryl methyl sites for hydroxylation is 1. The van der Waals surface area contributed by atoms with Crippen LogP contribution < -0.4 is 0 Å². The number of amides is 1. The SMILES string of the molecule is Cn1cccc1[C@@H]1CCCN1[C@@H](C(=O)N1CCCC1)c1ccccc1.